The number of aliphatic hydroxyl groups is 2. The molecule has 6 rings (SSSR count). The number of hydrogen-bond donors (Lipinski definition) is 4. The minimum absolute atomic E-state index is 0.0115. The van der Waals surface area contributed by atoms with Crippen molar-refractivity contribution in [2.75, 3.05) is 5.75 Å². The lowest BCUT2D eigenvalue weighted by Crippen LogP contribution is -2.47. The van der Waals surface area contributed by atoms with Crippen molar-refractivity contribution in [3.8, 4) is 11.5 Å². The van der Waals surface area contributed by atoms with Crippen LogP contribution in [0.25, 0.3) is 11.0 Å². The number of ether oxygens (including phenoxy) is 2. The molecule has 43 heavy (non-hydrogen) atoms. The molecule has 2 fully saturated rings. The van der Waals surface area contributed by atoms with Crippen LogP contribution in [0.4, 0.5) is 0 Å². The molecule has 0 unspecified atom stereocenters. The summed E-state index contributed by atoms with van der Waals surface area (Å²) in [6.45, 7) is 6.10. The van der Waals surface area contributed by atoms with Crippen LogP contribution in [-0.2, 0) is 12.2 Å². The smallest absolute Gasteiger partial charge is 0.200 e. The van der Waals surface area contributed by atoms with Crippen LogP contribution in [0, 0.1) is 5.92 Å². The number of aliphatic imine (C=N–C) groups is 1. The van der Waals surface area contributed by atoms with Gasteiger partial charge in [-0.25, -0.2) is 4.99 Å². The van der Waals surface area contributed by atoms with Gasteiger partial charge in [-0.15, -0.1) is 0 Å². The van der Waals surface area contributed by atoms with E-state index in [2.05, 4.69) is 18.8 Å². The van der Waals surface area contributed by atoms with E-state index < -0.39 is 17.8 Å². The van der Waals surface area contributed by atoms with Crippen LogP contribution in [0.3, 0.4) is 0 Å². The number of benzene rings is 1. The van der Waals surface area contributed by atoms with E-state index in [0.717, 1.165) is 56.1 Å². The van der Waals surface area contributed by atoms with E-state index in [-0.39, 0.29) is 41.6 Å². The fourth-order valence-electron chi connectivity index (χ4n) is 7.35. The molecule has 2 bridgehead atoms. The number of rotatable bonds is 6. The molecule has 1 aromatic heterocycles. The predicted octanol–water partition coefficient (Wildman–Crippen LogP) is 5.44. The average Bonchev–Trinajstić information content (AvgIpc) is 3.58. The van der Waals surface area contributed by atoms with Crippen LogP contribution in [0.1, 0.15) is 113 Å². The third-order valence-corrected chi connectivity index (χ3v) is 11.9. The Kier molecular flexibility index (Phi) is 8.90. The molecule has 9 nitrogen and oxygen atoms in total. The minimum atomic E-state index is -1.07. The van der Waals surface area contributed by atoms with Gasteiger partial charge < -0.3 is 35.6 Å². The summed E-state index contributed by atoms with van der Waals surface area (Å²) in [5, 5.41) is 23.5. The van der Waals surface area contributed by atoms with E-state index in [1.807, 2.05) is 6.92 Å². The molecule has 1 aromatic carbocycles. The van der Waals surface area contributed by atoms with Crippen LogP contribution in [-0.4, -0.2) is 45.8 Å². The van der Waals surface area contributed by atoms with Gasteiger partial charge in [-0.2, -0.15) is 0 Å². The molecule has 0 radical (unpaired) electrons. The Labute approximate surface area is 260 Å². The highest BCUT2D eigenvalue weighted by Crippen LogP contribution is 2.57. The zero-order valence-corrected chi connectivity index (χ0v) is 27.0. The molecule has 236 valence electrons. The van der Waals surface area contributed by atoms with Gasteiger partial charge in [-0.1, -0.05) is 35.4 Å². The molecule has 3 heterocycles. The van der Waals surface area contributed by atoms with Crippen molar-refractivity contribution in [2.24, 2.45) is 22.4 Å². The summed E-state index contributed by atoms with van der Waals surface area (Å²) in [6.07, 6.45) is 6.41. The number of aliphatic hydroxyl groups excluding tert-OH is 1. The van der Waals surface area contributed by atoms with Crippen molar-refractivity contribution in [3.05, 3.63) is 32.7 Å². The van der Waals surface area contributed by atoms with E-state index in [9.17, 15) is 15.0 Å². The van der Waals surface area contributed by atoms with Crippen LogP contribution >= 0.6 is 21.6 Å². The molecular weight excluding hydrogens is 587 g/mol. The topological polar surface area (TPSA) is 154 Å². The van der Waals surface area contributed by atoms with Gasteiger partial charge in [0, 0.05) is 40.5 Å². The SMILES string of the molecule is CC(C)CCc1c2oc3c(c4c(c(OC5CCCC5)c3c1=O)[C@H]1CCC[C@@](C)(O)[C@H]1O4)CSSC[C@H](N=C(N)N)C[C@H]2O. The van der Waals surface area contributed by atoms with Gasteiger partial charge in [0.1, 0.15) is 40.4 Å². The molecular formula is C32H45N3O6S2. The molecule has 2 saturated carbocycles. The molecule has 11 heteroatoms. The summed E-state index contributed by atoms with van der Waals surface area (Å²) in [5.74, 6) is 2.84. The van der Waals surface area contributed by atoms with Crippen LogP contribution in [0.2, 0.25) is 0 Å². The van der Waals surface area contributed by atoms with Crippen LogP contribution in [0.15, 0.2) is 14.2 Å². The predicted molar refractivity (Wildman–Crippen MR) is 173 cm³/mol. The highest BCUT2D eigenvalue weighted by molar-refractivity contribution is 8.76. The van der Waals surface area contributed by atoms with Crippen LogP contribution in [0.5, 0.6) is 11.5 Å². The summed E-state index contributed by atoms with van der Waals surface area (Å²) < 4.78 is 20.3. The van der Waals surface area contributed by atoms with Crippen molar-refractivity contribution in [1.29, 1.82) is 0 Å². The lowest BCUT2D eigenvalue weighted by molar-refractivity contribution is -0.0727. The molecule has 2 aliphatic carbocycles. The van der Waals surface area contributed by atoms with Gasteiger partial charge in [0.05, 0.1) is 17.7 Å². The van der Waals surface area contributed by atoms with E-state index in [1.165, 1.54) is 0 Å². The molecule has 2 aliphatic heterocycles. The van der Waals surface area contributed by atoms with E-state index in [1.54, 1.807) is 21.6 Å². The lowest BCUT2D eigenvalue weighted by atomic mass is 9.74. The van der Waals surface area contributed by atoms with Crippen molar-refractivity contribution in [3.63, 3.8) is 0 Å². The Morgan fingerprint density at radius 2 is 1.95 bits per heavy atom. The summed E-state index contributed by atoms with van der Waals surface area (Å²) in [6, 6.07) is -0.348. The van der Waals surface area contributed by atoms with Gasteiger partial charge in [-0.3, -0.25) is 4.79 Å². The summed E-state index contributed by atoms with van der Waals surface area (Å²) in [4.78, 5) is 19.1. The number of guanidine groups is 1. The summed E-state index contributed by atoms with van der Waals surface area (Å²) in [7, 11) is 3.23. The quantitative estimate of drug-likeness (QED) is 0.184. The Hall–Kier alpha value is -2.08. The van der Waals surface area contributed by atoms with E-state index in [4.69, 9.17) is 25.4 Å². The van der Waals surface area contributed by atoms with Gasteiger partial charge in [0.2, 0.25) is 0 Å². The zero-order chi connectivity index (χ0) is 30.5. The minimum Gasteiger partial charge on any atom is -0.489 e. The molecule has 2 aromatic rings. The number of fused-ring (bicyclic) bond motifs is 5. The first-order chi connectivity index (χ1) is 20.5. The normalized spacial score (nSPS) is 29.3. The third-order valence-electron chi connectivity index (χ3n) is 9.53. The van der Waals surface area contributed by atoms with Gasteiger partial charge in [0.15, 0.2) is 11.4 Å². The largest absolute Gasteiger partial charge is 0.489 e. The van der Waals surface area contributed by atoms with Crippen LogP contribution < -0.4 is 26.4 Å². The van der Waals surface area contributed by atoms with Gasteiger partial charge in [-0.05, 0) is 70.6 Å². The second kappa shape index (κ2) is 12.4. The van der Waals surface area contributed by atoms with Crippen molar-refractivity contribution >= 4 is 38.5 Å². The van der Waals surface area contributed by atoms with Crippen molar-refractivity contribution in [1.82, 2.24) is 0 Å². The third kappa shape index (κ3) is 5.99. The average molecular weight is 632 g/mol. The van der Waals surface area contributed by atoms with Gasteiger partial charge in [0.25, 0.3) is 0 Å². The highest BCUT2D eigenvalue weighted by Gasteiger charge is 2.51. The second-order valence-corrected chi connectivity index (χ2v) is 15.9. The van der Waals surface area contributed by atoms with Gasteiger partial charge >= 0.3 is 0 Å². The number of nitrogens with two attached hydrogens (primary N) is 2. The standard InChI is InChI=1S/C32H45N3O6S2/c1-16(2)10-11-20-25(37)24-28-21(15-43-42-14-17(35-31(33)34)13-22(36)26(20)40-28)27-23(29(24)39-18-7-4-5-8-18)19-9-6-12-32(3,38)30(19)41-27/h16-19,22,30,36,38H,4-15H2,1-3H3,(H4,33,34,35)/t17-,19-,22-,30+,32-/m1/s1. The maximum atomic E-state index is 14.8. The summed E-state index contributed by atoms with van der Waals surface area (Å²) in [5.41, 5.74) is 12.9. The molecule has 6 N–H and O–H groups in total. The first-order valence-corrected chi connectivity index (χ1v) is 18.3. The second-order valence-electron chi connectivity index (χ2n) is 13.4. The summed E-state index contributed by atoms with van der Waals surface area (Å²) >= 11 is 0. The molecule has 0 saturated heterocycles. The fourth-order valence-corrected chi connectivity index (χ4v) is 9.64. The van der Waals surface area contributed by atoms with E-state index >= 15 is 0 Å². The zero-order valence-electron chi connectivity index (χ0n) is 25.4. The molecule has 0 amide bonds. The Morgan fingerprint density at radius 1 is 1.19 bits per heavy atom. The molecule has 4 aliphatic rings. The van der Waals surface area contributed by atoms with Crippen molar-refractivity contribution < 1.29 is 24.1 Å². The maximum absolute atomic E-state index is 14.8. The molecule has 0 spiro atoms. The molecule has 5 atom stereocenters. The highest BCUT2D eigenvalue weighted by atomic mass is 33.1. The Morgan fingerprint density at radius 3 is 2.67 bits per heavy atom. The maximum Gasteiger partial charge on any atom is 0.200 e. The fraction of sp³-hybridized carbons (Fsp3) is 0.688. The number of hydrogen-bond acceptors (Lipinski definition) is 9. The number of nitrogens with zero attached hydrogens (tertiary/aromatic N) is 1. The monoisotopic (exact) mass is 631 g/mol. The van der Waals surface area contributed by atoms with E-state index in [0.29, 0.717) is 58.3 Å². The Balaban J connectivity index is 1.62. The lowest BCUT2D eigenvalue weighted by Gasteiger charge is -2.37. The first kappa shape index (κ1) is 30.9. The van der Waals surface area contributed by atoms with Crippen molar-refractivity contribution in [2.45, 2.75) is 127 Å². The Bertz CT molecular complexity index is 1450. The first-order valence-electron chi connectivity index (χ1n) is 15.8.